The highest BCUT2D eigenvalue weighted by atomic mass is 32.1. The molecule has 2 N–H and O–H groups in total. The van der Waals surface area contributed by atoms with Crippen molar-refractivity contribution in [3.8, 4) is 0 Å². The molecule has 108 valence electrons. The molecule has 1 heterocycles. The molecule has 2 aromatic carbocycles. The molecule has 21 heavy (non-hydrogen) atoms. The van der Waals surface area contributed by atoms with E-state index in [1.54, 1.807) is 11.3 Å². The predicted octanol–water partition coefficient (Wildman–Crippen LogP) is 2.48. The number of hydrogen-bond donors (Lipinski definition) is 2. The molecule has 3 aromatic rings. The topological polar surface area (TPSA) is 57.5 Å². The fourth-order valence-electron chi connectivity index (χ4n) is 2.58. The van der Waals surface area contributed by atoms with Gasteiger partial charge in [-0.2, -0.15) is 0 Å². The highest BCUT2D eigenvalue weighted by Crippen LogP contribution is 2.28. The van der Waals surface area contributed by atoms with Crippen molar-refractivity contribution in [3.63, 3.8) is 0 Å². The second kappa shape index (κ2) is 5.93. The SMILES string of the molecule is O=c1c2ccc(CCO)cc2sc2c(CCO)cccc12. The quantitative estimate of drug-likeness (QED) is 0.728. The van der Waals surface area contributed by atoms with Crippen LogP contribution >= 0.6 is 11.3 Å². The minimum atomic E-state index is 0.0362. The van der Waals surface area contributed by atoms with Gasteiger partial charge in [0.25, 0.3) is 0 Å². The first-order valence-electron chi connectivity index (χ1n) is 6.93. The van der Waals surface area contributed by atoms with Crippen LogP contribution in [0.1, 0.15) is 11.1 Å². The van der Waals surface area contributed by atoms with E-state index < -0.39 is 0 Å². The fraction of sp³-hybridized carbons (Fsp3) is 0.235. The maximum atomic E-state index is 12.6. The van der Waals surface area contributed by atoms with E-state index in [0.717, 1.165) is 25.9 Å². The molecule has 0 spiro atoms. The van der Waals surface area contributed by atoms with Crippen molar-refractivity contribution in [2.24, 2.45) is 0 Å². The number of hydrogen-bond acceptors (Lipinski definition) is 4. The average Bonchev–Trinajstić information content (AvgIpc) is 2.49. The Balaban J connectivity index is 2.33. The van der Waals surface area contributed by atoms with Gasteiger partial charge in [0.1, 0.15) is 0 Å². The molecule has 1 aromatic heterocycles. The normalized spacial score (nSPS) is 11.3. The lowest BCUT2D eigenvalue weighted by molar-refractivity contribution is 0.299. The van der Waals surface area contributed by atoms with E-state index in [1.807, 2.05) is 36.4 Å². The zero-order valence-electron chi connectivity index (χ0n) is 11.5. The molecule has 0 bridgehead atoms. The van der Waals surface area contributed by atoms with Crippen LogP contribution in [0.15, 0.2) is 41.2 Å². The van der Waals surface area contributed by atoms with Crippen molar-refractivity contribution in [1.82, 2.24) is 0 Å². The van der Waals surface area contributed by atoms with E-state index in [2.05, 4.69) is 0 Å². The van der Waals surface area contributed by atoms with Crippen molar-refractivity contribution < 1.29 is 10.2 Å². The third-order valence-electron chi connectivity index (χ3n) is 3.63. The smallest absolute Gasteiger partial charge is 0.195 e. The lowest BCUT2D eigenvalue weighted by Gasteiger charge is -2.07. The summed E-state index contributed by atoms with van der Waals surface area (Å²) in [5.41, 5.74) is 2.07. The van der Waals surface area contributed by atoms with Gasteiger partial charge in [-0.25, -0.2) is 0 Å². The van der Waals surface area contributed by atoms with Crippen molar-refractivity contribution in [2.45, 2.75) is 12.8 Å². The van der Waals surface area contributed by atoms with Crippen molar-refractivity contribution >= 4 is 31.5 Å². The van der Waals surface area contributed by atoms with E-state index in [9.17, 15) is 9.90 Å². The summed E-state index contributed by atoms with van der Waals surface area (Å²) in [5, 5.41) is 19.7. The molecule has 0 atom stereocenters. The summed E-state index contributed by atoms with van der Waals surface area (Å²) in [6, 6.07) is 11.4. The largest absolute Gasteiger partial charge is 0.396 e. The molecule has 3 rings (SSSR count). The highest BCUT2D eigenvalue weighted by molar-refractivity contribution is 7.24. The van der Waals surface area contributed by atoms with Gasteiger partial charge in [-0.3, -0.25) is 4.79 Å². The molecule has 4 heteroatoms. The summed E-state index contributed by atoms with van der Waals surface area (Å²) >= 11 is 1.58. The third-order valence-corrected chi connectivity index (χ3v) is 4.87. The summed E-state index contributed by atoms with van der Waals surface area (Å²) in [7, 11) is 0. The van der Waals surface area contributed by atoms with Gasteiger partial charge in [-0.05, 0) is 42.2 Å². The van der Waals surface area contributed by atoms with E-state index in [4.69, 9.17) is 5.11 Å². The first-order chi connectivity index (χ1) is 10.2. The van der Waals surface area contributed by atoms with Crippen LogP contribution in [0.25, 0.3) is 20.2 Å². The summed E-state index contributed by atoms with van der Waals surface area (Å²) in [6.07, 6.45) is 1.14. The molecule has 0 aliphatic heterocycles. The molecule has 0 fully saturated rings. The molecule has 0 aliphatic carbocycles. The second-order valence-electron chi connectivity index (χ2n) is 5.00. The minimum absolute atomic E-state index is 0.0362. The van der Waals surface area contributed by atoms with Gasteiger partial charge in [-0.15, -0.1) is 11.3 Å². The first-order valence-corrected chi connectivity index (χ1v) is 7.75. The summed E-state index contributed by atoms with van der Waals surface area (Å²) < 4.78 is 1.88. The number of fused-ring (bicyclic) bond motifs is 2. The molecule has 0 radical (unpaired) electrons. The standard InChI is InChI=1S/C17H16O3S/c18-8-6-11-4-5-13-15(10-11)21-17-12(7-9-19)2-1-3-14(17)16(13)20/h1-5,10,18-19H,6-9H2. The lowest BCUT2D eigenvalue weighted by atomic mass is 10.1. The Bertz CT molecular complexity index is 852. The number of rotatable bonds is 4. The van der Waals surface area contributed by atoms with E-state index >= 15 is 0 Å². The monoisotopic (exact) mass is 300 g/mol. The van der Waals surface area contributed by atoms with Crippen LogP contribution in [-0.2, 0) is 12.8 Å². The Morgan fingerprint density at radius 2 is 1.76 bits per heavy atom. The number of aliphatic hydroxyl groups is 2. The molecule has 0 saturated heterocycles. The molecule has 0 amide bonds. The van der Waals surface area contributed by atoms with Crippen LogP contribution < -0.4 is 5.43 Å². The molecule has 0 aliphatic rings. The van der Waals surface area contributed by atoms with Crippen LogP contribution in [0.5, 0.6) is 0 Å². The average molecular weight is 300 g/mol. The van der Waals surface area contributed by atoms with Gasteiger partial charge in [0.05, 0.1) is 0 Å². The Morgan fingerprint density at radius 3 is 2.52 bits per heavy atom. The van der Waals surface area contributed by atoms with Gasteiger partial charge >= 0.3 is 0 Å². The van der Waals surface area contributed by atoms with E-state index in [-0.39, 0.29) is 18.6 Å². The van der Waals surface area contributed by atoms with Crippen LogP contribution in [0, 0.1) is 0 Å². The molecule has 0 unspecified atom stereocenters. The third kappa shape index (κ3) is 2.58. The highest BCUT2D eigenvalue weighted by Gasteiger charge is 2.09. The molecule has 0 saturated carbocycles. The van der Waals surface area contributed by atoms with Gasteiger partial charge < -0.3 is 10.2 Å². The van der Waals surface area contributed by atoms with Gasteiger partial charge in [0.2, 0.25) is 0 Å². The fourth-order valence-corrected chi connectivity index (χ4v) is 3.85. The molecular weight excluding hydrogens is 284 g/mol. The van der Waals surface area contributed by atoms with Crippen molar-refractivity contribution in [3.05, 3.63) is 57.7 Å². The Kier molecular flexibility index (Phi) is 4.01. The number of benzene rings is 2. The lowest BCUT2D eigenvalue weighted by Crippen LogP contribution is -2.03. The predicted molar refractivity (Wildman–Crippen MR) is 87.2 cm³/mol. The van der Waals surface area contributed by atoms with Gasteiger partial charge in [-0.1, -0.05) is 18.2 Å². The maximum absolute atomic E-state index is 12.6. The van der Waals surface area contributed by atoms with Crippen molar-refractivity contribution in [1.29, 1.82) is 0 Å². The Labute approximate surface area is 126 Å². The van der Waals surface area contributed by atoms with Gasteiger partial charge in [0.15, 0.2) is 5.43 Å². The van der Waals surface area contributed by atoms with Gasteiger partial charge in [0, 0.05) is 33.4 Å². The van der Waals surface area contributed by atoms with Crippen LogP contribution in [0.2, 0.25) is 0 Å². The first kappa shape index (κ1) is 14.2. The zero-order valence-corrected chi connectivity index (χ0v) is 12.3. The minimum Gasteiger partial charge on any atom is -0.396 e. The van der Waals surface area contributed by atoms with Crippen LogP contribution in [0.4, 0.5) is 0 Å². The number of aliphatic hydroxyl groups excluding tert-OH is 2. The summed E-state index contributed by atoms with van der Waals surface area (Å²) in [6.45, 7) is 0.173. The van der Waals surface area contributed by atoms with Crippen LogP contribution in [-0.4, -0.2) is 23.4 Å². The van der Waals surface area contributed by atoms with Crippen LogP contribution in [0.3, 0.4) is 0 Å². The Hall–Kier alpha value is -1.75. The second-order valence-corrected chi connectivity index (χ2v) is 6.05. The van der Waals surface area contributed by atoms with E-state index in [0.29, 0.717) is 18.2 Å². The summed E-state index contributed by atoms with van der Waals surface area (Å²) in [4.78, 5) is 12.6. The van der Waals surface area contributed by atoms with Crippen molar-refractivity contribution in [2.75, 3.05) is 13.2 Å². The molecule has 3 nitrogen and oxygen atoms in total. The zero-order chi connectivity index (χ0) is 14.8. The summed E-state index contributed by atoms with van der Waals surface area (Å²) in [5.74, 6) is 0. The van der Waals surface area contributed by atoms with E-state index in [1.165, 1.54) is 0 Å². The molecular formula is C17H16O3S. The Morgan fingerprint density at radius 1 is 0.952 bits per heavy atom. The maximum Gasteiger partial charge on any atom is 0.195 e.